The minimum absolute atomic E-state index is 0.128. The van der Waals surface area contributed by atoms with E-state index < -0.39 is 0 Å². The predicted molar refractivity (Wildman–Crippen MR) is 135 cm³/mol. The molecular formula is C27H26N4O4. The monoisotopic (exact) mass is 470 g/mol. The summed E-state index contributed by atoms with van der Waals surface area (Å²) < 4.78 is 12.1. The summed E-state index contributed by atoms with van der Waals surface area (Å²) in [4.78, 5) is 25.3. The van der Waals surface area contributed by atoms with E-state index in [0.29, 0.717) is 34.1 Å². The molecule has 0 aliphatic heterocycles. The van der Waals surface area contributed by atoms with Crippen molar-refractivity contribution in [2.45, 2.75) is 13.3 Å². The Morgan fingerprint density at radius 1 is 0.886 bits per heavy atom. The third kappa shape index (κ3) is 6.05. The Kier molecular flexibility index (Phi) is 7.11. The minimum Gasteiger partial charge on any atom is -0.497 e. The summed E-state index contributed by atoms with van der Waals surface area (Å²) in [5.41, 5.74) is 4.31. The smallest absolute Gasteiger partial charge is 0.255 e. The Morgan fingerprint density at radius 2 is 1.63 bits per heavy atom. The summed E-state index contributed by atoms with van der Waals surface area (Å²) in [6.45, 7) is 1.99. The van der Waals surface area contributed by atoms with E-state index in [4.69, 9.17) is 9.47 Å². The highest BCUT2D eigenvalue weighted by Gasteiger charge is 2.11. The fourth-order valence-corrected chi connectivity index (χ4v) is 3.61. The molecule has 0 bridgehead atoms. The van der Waals surface area contributed by atoms with Gasteiger partial charge in [0.05, 0.1) is 44.4 Å². The standard InChI is InChI=1S/C27H26N4O4/c1-18-6-4-7-19(10-18)11-26(32)29-22-16-28-31(17-22)23-9-5-8-20(12-23)27(33)30-21-13-24(34-2)15-25(14-21)35-3/h4-10,12-17H,11H2,1-3H3,(H,29,32)(H,30,33). The van der Waals surface area contributed by atoms with Crippen molar-refractivity contribution in [3.8, 4) is 17.2 Å². The van der Waals surface area contributed by atoms with Gasteiger partial charge >= 0.3 is 0 Å². The number of carbonyl (C=O) groups is 2. The number of benzene rings is 3. The third-order valence-corrected chi connectivity index (χ3v) is 5.30. The molecule has 0 aliphatic carbocycles. The molecule has 2 N–H and O–H groups in total. The van der Waals surface area contributed by atoms with Crippen LogP contribution in [0.4, 0.5) is 11.4 Å². The number of aromatic nitrogens is 2. The Bertz CT molecular complexity index is 1340. The predicted octanol–water partition coefficient (Wildman–Crippen LogP) is 4.63. The molecule has 4 aromatic rings. The maximum absolute atomic E-state index is 12.9. The fraction of sp³-hybridized carbons (Fsp3) is 0.148. The fourth-order valence-electron chi connectivity index (χ4n) is 3.61. The Labute approximate surface area is 203 Å². The highest BCUT2D eigenvalue weighted by molar-refractivity contribution is 6.04. The quantitative estimate of drug-likeness (QED) is 0.392. The van der Waals surface area contributed by atoms with E-state index >= 15 is 0 Å². The number of hydrogen-bond donors (Lipinski definition) is 2. The molecule has 0 spiro atoms. The van der Waals surface area contributed by atoms with E-state index in [1.807, 2.05) is 37.3 Å². The lowest BCUT2D eigenvalue weighted by atomic mass is 10.1. The number of nitrogens with one attached hydrogen (secondary N) is 2. The van der Waals surface area contributed by atoms with E-state index in [0.717, 1.165) is 11.1 Å². The van der Waals surface area contributed by atoms with Gasteiger partial charge < -0.3 is 20.1 Å². The molecule has 1 heterocycles. The van der Waals surface area contributed by atoms with Gasteiger partial charge in [-0.2, -0.15) is 5.10 Å². The lowest BCUT2D eigenvalue weighted by molar-refractivity contribution is -0.115. The Balaban J connectivity index is 1.44. The van der Waals surface area contributed by atoms with Gasteiger partial charge in [0.2, 0.25) is 5.91 Å². The first-order chi connectivity index (χ1) is 16.9. The Hall–Kier alpha value is -4.59. The van der Waals surface area contributed by atoms with Crippen LogP contribution in [0.2, 0.25) is 0 Å². The van der Waals surface area contributed by atoms with Crippen LogP contribution in [0, 0.1) is 6.92 Å². The molecule has 35 heavy (non-hydrogen) atoms. The number of hydrogen-bond acceptors (Lipinski definition) is 5. The molecule has 8 nitrogen and oxygen atoms in total. The van der Waals surface area contributed by atoms with Crippen LogP contribution in [-0.2, 0) is 11.2 Å². The van der Waals surface area contributed by atoms with Crippen LogP contribution in [0.15, 0.2) is 79.1 Å². The molecule has 2 amide bonds. The van der Waals surface area contributed by atoms with Gasteiger partial charge in [-0.25, -0.2) is 4.68 Å². The molecule has 0 saturated heterocycles. The zero-order valence-electron chi connectivity index (χ0n) is 19.7. The van der Waals surface area contributed by atoms with E-state index in [1.165, 1.54) is 0 Å². The van der Waals surface area contributed by atoms with Gasteiger partial charge in [0, 0.05) is 29.4 Å². The molecule has 0 unspecified atom stereocenters. The maximum Gasteiger partial charge on any atom is 0.255 e. The first-order valence-electron chi connectivity index (χ1n) is 11.0. The topological polar surface area (TPSA) is 94.5 Å². The minimum atomic E-state index is -0.291. The van der Waals surface area contributed by atoms with Gasteiger partial charge in [0.15, 0.2) is 0 Å². The van der Waals surface area contributed by atoms with Gasteiger partial charge in [-0.05, 0) is 30.7 Å². The first kappa shape index (κ1) is 23.6. The number of amides is 2. The zero-order valence-corrected chi connectivity index (χ0v) is 19.7. The number of anilines is 2. The second-order valence-corrected chi connectivity index (χ2v) is 7.99. The average molecular weight is 471 g/mol. The van der Waals surface area contributed by atoms with Crippen LogP contribution in [-0.4, -0.2) is 35.8 Å². The van der Waals surface area contributed by atoms with Gasteiger partial charge in [-0.15, -0.1) is 0 Å². The lowest BCUT2D eigenvalue weighted by Gasteiger charge is -2.10. The number of rotatable bonds is 8. The molecule has 8 heteroatoms. The van der Waals surface area contributed by atoms with Crippen molar-refractivity contribution < 1.29 is 19.1 Å². The molecule has 0 fully saturated rings. The number of aryl methyl sites for hydroxylation is 1. The second-order valence-electron chi connectivity index (χ2n) is 7.99. The number of methoxy groups -OCH3 is 2. The van der Waals surface area contributed by atoms with Crippen LogP contribution < -0.4 is 20.1 Å². The molecule has 0 atom stereocenters. The molecule has 3 aromatic carbocycles. The zero-order chi connectivity index (χ0) is 24.8. The van der Waals surface area contributed by atoms with E-state index in [-0.39, 0.29) is 18.2 Å². The van der Waals surface area contributed by atoms with Crippen molar-refractivity contribution >= 4 is 23.2 Å². The van der Waals surface area contributed by atoms with E-state index in [9.17, 15) is 9.59 Å². The van der Waals surface area contributed by atoms with Gasteiger partial charge in [-0.1, -0.05) is 35.9 Å². The number of ether oxygens (including phenoxy) is 2. The average Bonchev–Trinajstić information content (AvgIpc) is 3.32. The number of nitrogens with zero attached hydrogens (tertiary/aromatic N) is 2. The Morgan fingerprint density at radius 3 is 2.34 bits per heavy atom. The molecule has 0 saturated carbocycles. The molecule has 4 rings (SSSR count). The van der Waals surface area contributed by atoms with Crippen molar-refractivity contribution in [2.24, 2.45) is 0 Å². The summed E-state index contributed by atoms with van der Waals surface area (Å²) in [5, 5.41) is 10.1. The second kappa shape index (κ2) is 10.6. The van der Waals surface area contributed by atoms with Crippen molar-refractivity contribution in [1.29, 1.82) is 0 Å². The van der Waals surface area contributed by atoms with Gasteiger partial charge in [0.25, 0.3) is 5.91 Å². The van der Waals surface area contributed by atoms with E-state index in [1.54, 1.807) is 67.7 Å². The molecule has 0 radical (unpaired) electrons. The molecule has 0 aliphatic rings. The summed E-state index contributed by atoms with van der Waals surface area (Å²) in [7, 11) is 3.10. The van der Waals surface area contributed by atoms with Crippen LogP contribution >= 0.6 is 0 Å². The highest BCUT2D eigenvalue weighted by Crippen LogP contribution is 2.26. The van der Waals surface area contributed by atoms with Gasteiger partial charge in [-0.3, -0.25) is 9.59 Å². The maximum atomic E-state index is 12.9. The first-order valence-corrected chi connectivity index (χ1v) is 11.0. The van der Waals surface area contributed by atoms with Crippen molar-refractivity contribution in [2.75, 3.05) is 24.9 Å². The summed E-state index contributed by atoms with van der Waals surface area (Å²) in [6, 6.07) is 20.0. The summed E-state index contributed by atoms with van der Waals surface area (Å²) in [5.74, 6) is 0.724. The SMILES string of the molecule is COc1cc(NC(=O)c2cccc(-n3cc(NC(=O)Cc4cccc(C)c4)cn3)c2)cc(OC)c1. The van der Waals surface area contributed by atoms with Crippen molar-refractivity contribution in [3.63, 3.8) is 0 Å². The summed E-state index contributed by atoms with van der Waals surface area (Å²) in [6.07, 6.45) is 3.55. The molecule has 178 valence electrons. The normalized spacial score (nSPS) is 10.5. The largest absolute Gasteiger partial charge is 0.497 e. The van der Waals surface area contributed by atoms with Crippen LogP contribution in [0.5, 0.6) is 11.5 Å². The van der Waals surface area contributed by atoms with Gasteiger partial charge in [0.1, 0.15) is 11.5 Å². The third-order valence-electron chi connectivity index (χ3n) is 5.30. The van der Waals surface area contributed by atoms with Crippen molar-refractivity contribution in [3.05, 3.63) is 95.8 Å². The van der Waals surface area contributed by atoms with Crippen LogP contribution in [0.3, 0.4) is 0 Å². The van der Waals surface area contributed by atoms with Crippen LogP contribution in [0.1, 0.15) is 21.5 Å². The van der Waals surface area contributed by atoms with Crippen LogP contribution in [0.25, 0.3) is 5.69 Å². The summed E-state index contributed by atoms with van der Waals surface area (Å²) >= 11 is 0. The molecular weight excluding hydrogens is 444 g/mol. The lowest BCUT2D eigenvalue weighted by Crippen LogP contribution is -2.14. The van der Waals surface area contributed by atoms with Crippen molar-refractivity contribution in [1.82, 2.24) is 9.78 Å². The van der Waals surface area contributed by atoms with E-state index in [2.05, 4.69) is 15.7 Å². The number of carbonyl (C=O) groups excluding carboxylic acids is 2. The highest BCUT2D eigenvalue weighted by atomic mass is 16.5. The molecule has 1 aromatic heterocycles.